The Morgan fingerprint density at radius 3 is 2.34 bits per heavy atom. The Hall–Kier alpha value is -2.43. The number of piperidine rings is 1. The third-order valence-electron chi connectivity index (χ3n) is 5.64. The summed E-state index contributed by atoms with van der Waals surface area (Å²) in [5.74, 6) is -0.497. The maximum atomic E-state index is 12.9. The van der Waals surface area contributed by atoms with E-state index in [2.05, 4.69) is 10.2 Å². The topological polar surface area (TPSA) is 69.7 Å². The highest BCUT2D eigenvalue weighted by molar-refractivity contribution is 7.89. The number of halogens is 3. The van der Waals surface area contributed by atoms with Crippen molar-refractivity contribution < 1.29 is 26.4 Å². The van der Waals surface area contributed by atoms with Crippen molar-refractivity contribution in [1.29, 1.82) is 0 Å². The van der Waals surface area contributed by atoms with E-state index in [1.165, 1.54) is 40.7 Å². The first-order valence-corrected chi connectivity index (χ1v) is 11.6. The molecule has 0 unspecified atom stereocenters. The molecule has 6 nitrogen and oxygen atoms in total. The summed E-state index contributed by atoms with van der Waals surface area (Å²) in [6.07, 6.45) is -3.19. The molecule has 0 bridgehead atoms. The number of hydrogen-bond donors (Lipinski definition) is 1. The first-order valence-electron chi connectivity index (χ1n) is 10.2. The van der Waals surface area contributed by atoms with E-state index in [4.69, 9.17) is 0 Å². The normalized spacial score (nSPS) is 16.3. The maximum absolute atomic E-state index is 12.9. The Kier molecular flexibility index (Phi) is 7.26. The number of hydrogen-bond acceptors (Lipinski definition) is 4. The fourth-order valence-electron chi connectivity index (χ4n) is 3.68. The number of carbonyl (C=O) groups excluding carboxylic acids is 1. The van der Waals surface area contributed by atoms with Crippen LogP contribution in [0.4, 0.5) is 18.9 Å². The van der Waals surface area contributed by atoms with E-state index < -0.39 is 27.7 Å². The molecule has 0 aliphatic carbocycles. The molecular formula is C22H26F3N3O3S. The molecule has 0 atom stereocenters. The van der Waals surface area contributed by atoms with Gasteiger partial charge in [-0.25, -0.2) is 8.42 Å². The number of nitrogens with zero attached hydrogens (tertiary/aromatic N) is 2. The third kappa shape index (κ3) is 5.87. The van der Waals surface area contributed by atoms with E-state index >= 15 is 0 Å². The van der Waals surface area contributed by atoms with Crippen molar-refractivity contribution in [3.8, 4) is 0 Å². The lowest BCUT2D eigenvalue weighted by atomic mass is 10.1. The first-order chi connectivity index (χ1) is 15.0. The zero-order valence-electron chi connectivity index (χ0n) is 17.9. The Labute approximate surface area is 186 Å². The second-order valence-corrected chi connectivity index (χ2v) is 10.0. The van der Waals surface area contributed by atoms with Crippen molar-refractivity contribution in [2.24, 2.45) is 0 Å². The number of anilines is 1. The first kappa shape index (κ1) is 24.2. The monoisotopic (exact) mass is 469 g/mol. The van der Waals surface area contributed by atoms with Crippen LogP contribution in [0.1, 0.15) is 24.0 Å². The fraction of sp³-hybridized carbons (Fsp3) is 0.409. The van der Waals surface area contributed by atoms with Gasteiger partial charge in [0.15, 0.2) is 0 Å². The standard InChI is InChI=1S/C22H26F3N3O3S/c1-27-12-10-19(11-13-27)28(2)32(30,31)20-8-6-18(7-9-20)26-21(29)15-16-4-3-5-17(14-16)22(23,24)25/h3-9,14,19H,10-13,15H2,1-2H3,(H,26,29). The molecule has 3 rings (SSSR count). The molecule has 10 heteroatoms. The van der Waals surface area contributed by atoms with Crippen LogP contribution >= 0.6 is 0 Å². The van der Waals surface area contributed by atoms with Crippen LogP contribution in [0, 0.1) is 0 Å². The lowest BCUT2D eigenvalue weighted by molar-refractivity contribution is -0.137. The molecule has 1 N–H and O–H groups in total. The Morgan fingerprint density at radius 1 is 1.12 bits per heavy atom. The van der Waals surface area contributed by atoms with Gasteiger partial charge < -0.3 is 10.2 Å². The van der Waals surface area contributed by atoms with Gasteiger partial charge in [-0.05, 0) is 68.9 Å². The van der Waals surface area contributed by atoms with Crippen molar-refractivity contribution in [2.75, 3.05) is 32.5 Å². The van der Waals surface area contributed by atoms with Crippen LogP contribution in [0.25, 0.3) is 0 Å². The second-order valence-electron chi connectivity index (χ2n) is 8.00. The number of sulfonamides is 1. The van der Waals surface area contributed by atoms with E-state index in [9.17, 15) is 26.4 Å². The second kappa shape index (κ2) is 9.60. The number of nitrogens with one attached hydrogen (secondary N) is 1. The molecule has 1 fully saturated rings. The molecule has 1 aliphatic rings. The van der Waals surface area contributed by atoms with Gasteiger partial charge in [-0.15, -0.1) is 0 Å². The van der Waals surface area contributed by atoms with Gasteiger partial charge >= 0.3 is 6.18 Å². The predicted molar refractivity (Wildman–Crippen MR) is 116 cm³/mol. The zero-order valence-corrected chi connectivity index (χ0v) is 18.7. The zero-order chi connectivity index (χ0) is 23.5. The van der Waals surface area contributed by atoms with Gasteiger partial charge in [-0.3, -0.25) is 4.79 Å². The molecule has 1 aliphatic heterocycles. The molecular weight excluding hydrogens is 443 g/mol. The number of rotatable bonds is 6. The molecule has 2 aromatic rings. The summed E-state index contributed by atoms with van der Waals surface area (Å²) in [6.45, 7) is 1.67. The van der Waals surface area contributed by atoms with Gasteiger partial charge in [0, 0.05) is 18.8 Å². The Morgan fingerprint density at radius 2 is 1.75 bits per heavy atom. The van der Waals surface area contributed by atoms with Gasteiger partial charge in [-0.1, -0.05) is 18.2 Å². The van der Waals surface area contributed by atoms with Gasteiger partial charge in [0.05, 0.1) is 16.9 Å². The molecule has 1 heterocycles. The van der Waals surface area contributed by atoms with Crippen molar-refractivity contribution in [2.45, 2.75) is 36.4 Å². The van der Waals surface area contributed by atoms with Crippen LogP contribution in [0.3, 0.4) is 0 Å². The quantitative estimate of drug-likeness (QED) is 0.702. The smallest absolute Gasteiger partial charge is 0.326 e. The number of benzene rings is 2. The highest BCUT2D eigenvalue weighted by atomic mass is 32.2. The van der Waals surface area contributed by atoms with Crippen LogP contribution in [-0.2, 0) is 27.4 Å². The predicted octanol–water partition coefficient (Wildman–Crippen LogP) is 3.60. The molecule has 0 aromatic heterocycles. The SMILES string of the molecule is CN1CCC(N(C)S(=O)(=O)c2ccc(NC(=O)Cc3cccc(C(F)(F)F)c3)cc2)CC1. The lowest BCUT2D eigenvalue weighted by Gasteiger charge is -2.34. The highest BCUT2D eigenvalue weighted by Crippen LogP contribution is 2.29. The van der Waals surface area contributed by atoms with Crippen LogP contribution < -0.4 is 5.32 Å². The average molecular weight is 470 g/mol. The van der Waals surface area contributed by atoms with Gasteiger partial charge in [0.1, 0.15) is 0 Å². The van der Waals surface area contributed by atoms with Crippen LogP contribution in [0.5, 0.6) is 0 Å². The van der Waals surface area contributed by atoms with Crippen molar-refractivity contribution in [1.82, 2.24) is 9.21 Å². The summed E-state index contributed by atoms with van der Waals surface area (Å²) < 4.78 is 65.7. The average Bonchev–Trinajstić information content (AvgIpc) is 2.73. The van der Waals surface area contributed by atoms with E-state index in [0.717, 1.165) is 38.1 Å². The van der Waals surface area contributed by atoms with E-state index in [1.54, 1.807) is 7.05 Å². The number of carbonyl (C=O) groups is 1. The van der Waals surface area contributed by atoms with Gasteiger partial charge in [-0.2, -0.15) is 17.5 Å². The molecule has 1 saturated heterocycles. The van der Waals surface area contributed by atoms with Gasteiger partial charge in [0.2, 0.25) is 15.9 Å². The van der Waals surface area contributed by atoms with Crippen molar-refractivity contribution in [3.05, 3.63) is 59.7 Å². The fourth-order valence-corrected chi connectivity index (χ4v) is 5.10. The minimum atomic E-state index is -4.48. The molecule has 174 valence electrons. The molecule has 2 aromatic carbocycles. The number of alkyl halides is 3. The Balaban J connectivity index is 1.63. The van der Waals surface area contributed by atoms with Crippen LogP contribution in [-0.4, -0.2) is 56.8 Å². The molecule has 1 amide bonds. The maximum Gasteiger partial charge on any atom is 0.416 e. The molecule has 0 spiro atoms. The summed E-state index contributed by atoms with van der Waals surface area (Å²) in [5, 5.41) is 2.59. The van der Waals surface area contributed by atoms with Crippen LogP contribution in [0.2, 0.25) is 0 Å². The summed E-state index contributed by atoms with van der Waals surface area (Å²) >= 11 is 0. The van der Waals surface area contributed by atoms with E-state index in [0.29, 0.717) is 5.69 Å². The van der Waals surface area contributed by atoms with Crippen molar-refractivity contribution >= 4 is 21.6 Å². The van der Waals surface area contributed by atoms with Crippen LogP contribution in [0.15, 0.2) is 53.4 Å². The molecule has 0 radical (unpaired) electrons. The largest absolute Gasteiger partial charge is 0.416 e. The Bertz CT molecular complexity index is 1050. The van der Waals surface area contributed by atoms with E-state index in [1.807, 2.05) is 7.05 Å². The molecule has 32 heavy (non-hydrogen) atoms. The molecule has 0 saturated carbocycles. The summed E-state index contributed by atoms with van der Waals surface area (Å²) in [7, 11) is -0.0889. The summed E-state index contributed by atoms with van der Waals surface area (Å²) in [6, 6.07) is 10.3. The third-order valence-corrected chi connectivity index (χ3v) is 7.56. The number of amides is 1. The lowest BCUT2D eigenvalue weighted by Crippen LogP contribution is -2.44. The van der Waals surface area contributed by atoms with E-state index in [-0.39, 0.29) is 22.9 Å². The minimum Gasteiger partial charge on any atom is -0.326 e. The van der Waals surface area contributed by atoms with Crippen molar-refractivity contribution in [3.63, 3.8) is 0 Å². The highest BCUT2D eigenvalue weighted by Gasteiger charge is 2.31. The van der Waals surface area contributed by atoms with Gasteiger partial charge in [0.25, 0.3) is 0 Å². The minimum absolute atomic E-state index is 0.0666. The summed E-state index contributed by atoms with van der Waals surface area (Å²) in [5.41, 5.74) is -0.217. The summed E-state index contributed by atoms with van der Waals surface area (Å²) in [4.78, 5) is 14.5. The number of likely N-dealkylation sites (tertiary alicyclic amines) is 1.